The lowest BCUT2D eigenvalue weighted by atomic mass is 9.88. The van der Waals surface area contributed by atoms with Crippen molar-refractivity contribution in [2.75, 3.05) is 6.54 Å². The number of nitrogens with two attached hydrogens (primary N) is 1. The summed E-state index contributed by atoms with van der Waals surface area (Å²) < 4.78 is 38.7. The molecule has 16 heavy (non-hydrogen) atoms. The summed E-state index contributed by atoms with van der Waals surface area (Å²) in [6, 6.07) is 5.18. The van der Waals surface area contributed by atoms with Gasteiger partial charge in [0.1, 0.15) is 0 Å². The van der Waals surface area contributed by atoms with Crippen LogP contribution in [0.4, 0.5) is 13.2 Å². The largest absolute Gasteiger partial charge is 0.395 e. The summed E-state index contributed by atoms with van der Waals surface area (Å²) in [6.45, 7) is 3.45. The van der Waals surface area contributed by atoms with E-state index in [2.05, 4.69) is 0 Å². The highest BCUT2D eigenvalue weighted by Gasteiger charge is 2.41. The summed E-state index contributed by atoms with van der Waals surface area (Å²) in [5.41, 5.74) is 6.99. The van der Waals surface area contributed by atoms with Gasteiger partial charge >= 0.3 is 6.18 Å². The standard InChI is InChI=1S/C12H16F3N/c1-8-4-3-5-9(2)11(8)10(6-7-16)12(13,14)15/h3-5,10H,6-7,16H2,1-2H3. The highest BCUT2D eigenvalue weighted by Crippen LogP contribution is 2.39. The molecule has 0 fully saturated rings. The third-order valence-electron chi connectivity index (χ3n) is 2.74. The van der Waals surface area contributed by atoms with Gasteiger partial charge in [-0.3, -0.25) is 0 Å². The van der Waals surface area contributed by atoms with Crippen molar-refractivity contribution < 1.29 is 13.2 Å². The summed E-state index contributed by atoms with van der Waals surface area (Å²) in [6.07, 6.45) is -4.29. The maximum atomic E-state index is 12.9. The molecule has 0 radical (unpaired) electrons. The van der Waals surface area contributed by atoms with Crippen molar-refractivity contribution in [3.63, 3.8) is 0 Å². The van der Waals surface area contributed by atoms with Crippen LogP contribution in [0.25, 0.3) is 0 Å². The number of hydrogen-bond acceptors (Lipinski definition) is 1. The maximum Gasteiger partial charge on any atom is 0.395 e. The lowest BCUT2D eigenvalue weighted by Crippen LogP contribution is -2.25. The molecule has 1 unspecified atom stereocenters. The first-order valence-electron chi connectivity index (χ1n) is 5.20. The molecule has 0 bridgehead atoms. The van der Waals surface area contributed by atoms with E-state index in [-0.39, 0.29) is 13.0 Å². The van der Waals surface area contributed by atoms with Gasteiger partial charge in [0.25, 0.3) is 0 Å². The summed E-state index contributed by atoms with van der Waals surface area (Å²) >= 11 is 0. The van der Waals surface area contributed by atoms with Gasteiger partial charge in [-0.15, -0.1) is 0 Å². The summed E-state index contributed by atoms with van der Waals surface area (Å²) in [4.78, 5) is 0. The van der Waals surface area contributed by atoms with E-state index in [9.17, 15) is 13.2 Å². The first kappa shape index (κ1) is 13.0. The van der Waals surface area contributed by atoms with Crippen molar-refractivity contribution in [3.05, 3.63) is 34.9 Å². The van der Waals surface area contributed by atoms with Gasteiger partial charge in [0.05, 0.1) is 5.92 Å². The predicted octanol–water partition coefficient (Wildman–Crippen LogP) is 3.30. The van der Waals surface area contributed by atoms with E-state index >= 15 is 0 Å². The van der Waals surface area contributed by atoms with Gasteiger partial charge in [0.2, 0.25) is 0 Å². The molecule has 0 aliphatic heterocycles. The van der Waals surface area contributed by atoms with Gasteiger partial charge in [0.15, 0.2) is 0 Å². The van der Waals surface area contributed by atoms with Crippen LogP contribution in [0.2, 0.25) is 0 Å². The van der Waals surface area contributed by atoms with Crippen LogP contribution in [0.5, 0.6) is 0 Å². The van der Waals surface area contributed by atoms with Crippen LogP contribution < -0.4 is 5.73 Å². The highest BCUT2D eigenvalue weighted by atomic mass is 19.4. The monoisotopic (exact) mass is 231 g/mol. The zero-order chi connectivity index (χ0) is 12.3. The normalized spacial score (nSPS) is 13.9. The van der Waals surface area contributed by atoms with E-state index in [0.29, 0.717) is 16.7 Å². The number of rotatable bonds is 3. The second-order valence-corrected chi connectivity index (χ2v) is 3.98. The van der Waals surface area contributed by atoms with Gasteiger partial charge in [-0.2, -0.15) is 13.2 Å². The minimum absolute atomic E-state index is 0.0396. The van der Waals surface area contributed by atoms with Crippen molar-refractivity contribution in [1.29, 1.82) is 0 Å². The van der Waals surface area contributed by atoms with E-state index in [4.69, 9.17) is 5.73 Å². The van der Waals surface area contributed by atoms with E-state index in [1.807, 2.05) is 0 Å². The lowest BCUT2D eigenvalue weighted by molar-refractivity contribution is -0.151. The van der Waals surface area contributed by atoms with Gasteiger partial charge < -0.3 is 5.73 Å². The average molecular weight is 231 g/mol. The number of halogens is 3. The smallest absolute Gasteiger partial charge is 0.330 e. The molecule has 0 aliphatic carbocycles. The lowest BCUT2D eigenvalue weighted by Gasteiger charge is -2.23. The topological polar surface area (TPSA) is 26.0 Å². The molecule has 1 aromatic rings. The maximum absolute atomic E-state index is 12.9. The molecule has 0 amide bonds. The molecule has 90 valence electrons. The Morgan fingerprint density at radius 1 is 1.19 bits per heavy atom. The molecule has 0 aliphatic rings. The van der Waals surface area contributed by atoms with E-state index in [0.717, 1.165) is 0 Å². The minimum atomic E-state index is -4.23. The fraction of sp³-hybridized carbons (Fsp3) is 0.500. The zero-order valence-electron chi connectivity index (χ0n) is 9.43. The third-order valence-corrected chi connectivity index (χ3v) is 2.74. The van der Waals surface area contributed by atoms with Gasteiger partial charge in [-0.05, 0) is 43.5 Å². The van der Waals surface area contributed by atoms with Crippen LogP contribution >= 0.6 is 0 Å². The SMILES string of the molecule is Cc1cccc(C)c1C(CCN)C(F)(F)F. The molecule has 1 nitrogen and oxygen atoms in total. The summed E-state index contributed by atoms with van der Waals surface area (Å²) in [5, 5.41) is 0. The second kappa shape index (κ2) is 4.87. The number of benzene rings is 1. The van der Waals surface area contributed by atoms with Crippen LogP contribution in [-0.4, -0.2) is 12.7 Å². The van der Waals surface area contributed by atoms with Gasteiger partial charge in [-0.1, -0.05) is 18.2 Å². The Labute approximate surface area is 93.5 Å². The Morgan fingerprint density at radius 2 is 1.69 bits per heavy atom. The molecule has 1 aromatic carbocycles. The molecule has 0 heterocycles. The van der Waals surface area contributed by atoms with Crippen LogP contribution in [0.3, 0.4) is 0 Å². The van der Waals surface area contributed by atoms with Crippen LogP contribution in [0, 0.1) is 13.8 Å². The first-order valence-corrected chi connectivity index (χ1v) is 5.20. The quantitative estimate of drug-likeness (QED) is 0.848. The molecule has 0 saturated carbocycles. The van der Waals surface area contributed by atoms with E-state index in [1.165, 1.54) is 0 Å². The van der Waals surface area contributed by atoms with Crippen molar-refractivity contribution >= 4 is 0 Å². The summed E-state index contributed by atoms with van der Waals surface area (Å²) in [7, 11) is 0. The first-order chi connectivity index (χ1) is 7.38. The molecule has 2 N–H and O–H groups in total. The Hall–Kier alpha value is -1.03. The average Bonchev–Trinajstić information content (AvgIpc) is 2.14. The minimum Gasteiger partial charge on any atom is -0.330 e. The van der Waals surface area contributed by atoms with E-state index in [1.54, 1.807) is 32.0 Å². The van der Waals surface area contributed by atoms with Crippen LogP contribution in [0.1, 0.15) is 29.0 Å². The van der Waals surface area contributed by atoms with E-state index < -0.39 is 12.1 Å². The molecule has 1 rings (SSSR count). The Balaban J connectivity index is 3.21. The fourth-order valence-electron chi connectivity index (χ4n) is 2.02. The second-order valence-electron chi connectivity index (χ2n) is 3.98. The number of aryl methyl sites for hydroxylation is 2. The molecule has 4 heteroatoms. The Morgan fingerprint density at radius 3 is 2.06 bits per heavy atom. The van der Waals surface area contributed by atoms with Gasteiger partial charge in [-0.25, -0.2) is 0 Å². The predicted molar refractivity (Wildman–Crippen MR) is 58.4 cm³/mol. The van der Waals surface area contributed by atoms with Gasteiger partial charge in [0, 0.05) is 0 Å². The Bertz CT molecular complexity index is 338. The molecule has 0 spiro atoms. The molecule has 0 saturated heterocycles. The summed E-state index contributed by atoms with van der Waals surface area (Å²) in [5.74, 6) is -1.45. The van der Waals surface area contributed by atoms with Crippen LogP contribution in [0.15, 0.2) is 18.2 Å². The molecular formula is C12H16F3N. The van der Waals surface area contributed by atoms with Crippen molar-refractivity contribution in [3.8, 4) is 0 Å². The molecular weight excluding hydrogens is 215 g/mol. The number of hydrogen-bond donors (Lipinski definition) is 1. The fourth-order valence-corrected chi connectivity index (χ4v) is 2.02. The highest BCUT2D eigenvalue weighted by molar-refractivity contribution is 5.37. The number of alkyl halides is 3. The van der Waals surface area contributed by atoms with Crippen LogP contribution in [-0.2, 0) is 0 Å². The van der Waals surface area contributed by atoms with Crippen molar-refractivity contribution in [2.24, 2.45) is 5.73 Å². The van der Waals surface area contributed by atoms with Crippen molar-refractivity contribution in [1.82, 2.24) is 0 Å². The Kier molecular flexibility index (Phi) is 3.97. The molecule has 1 atom stereocenters. The molecule has 0 aromatic heterocycles. The third kappa shape index (κ3) is 2.76. The zero-order valence-corrected chi connectivity index (χ0v) is 9.43. The van der Waals surface area contributed by atoms with Crippen molar-refractivity contribution in [2.45, 2.75) is 32.4 Å².